The number of carbonyl (C=O) groups is 1. The molecule has 1 aliphatic heterocycles. The summed E-state index contributed by atoms with van der Waals surface area (Å²) in [6.07, 6.45) is 1.74. The second kappa shape index (κ2) is 7.82. The maximum Gasteiger partial charge on any atom is 0.221 e. The summed E-state index contributed by atoms with van der Waals surface area (Å²) in [7, 11) is 4.25. The Morgan fingerprint density at radius 3 is 2.68 bits per heavy atom. The number of nitrogens with zero attached hydrogens (tertiary/aromatic N) is 2. The zero-order chi connectivity index (χ0) is 14.4. The van der Waals surface area contributed by atoms with Crippen LogP contribution in [0.4, 0.5) is 0 Å². The highest BCUT2D eigenvalue weighted by atomic mass is 16.1. The highest BCUT2D eigenvalue weighted by molar-refractivity contribution is 5.76. The Balaban J connectivity index is 2.38. The topological polar surface area (TPSA) is 61.6 Å². The summed E-state index contributed by atoms with van der Waals surface area (Å²) in [4.78, 5) is 16.4. The van der Waals surface area contributed by atoms with Crippen molar-refractivity contribution in [1.82, 2.24) is 15.1 Å². The Kier molecular flexibility index (Phi) is 6.75. The molecule has 19 heavy (non-hydrogen) atoms. The second-order valence-electron chi connectivity index (χ2n) is 6.17. The molecular weight excluding hydrogens is 240 g/mol. The maximum absolute atomic E-state index is 11.8. The van der Waals surface area contributed by atoms with Crippen LogP contribution in [0.15, 0.2) is 0 Å². The molecule has 1 amide bonds. The molecule has 0 aromatic carbocycles. The monoisotopic (exact) mass is 270 g/mol. The van der Waals surface area contributed by atoms with Gasteiger partial charge in [-0.1, -0.05) is 0 Å². The molecule has 1 rings (SSSR count). The van der Waals surface area contributed by atoms with Crippen molar-refractivity contribution in [2.45, 2.75) is 38.8 Å². The number of hydrogen-bond acceptors (Lipinski definition) is 4. The van der Waals surface area contributed by atoms with Gasteiger partial charge in [-0.15, -0.1) is 0 Å². The molecule has 5 heteroatoms. The van der Waals surface area contributed by atoms with Gasteiger partial charge in [0, 0.05) is 38.1 Å². The first-order valence-corrected chi connectivity index (χ1v) is 7.30. The summed E-state index contributed by atoms with van der Waals surface area (Å²) >= 11 is 0. The van der Waals surface area contributed by atoms with Gasteiger partial charge in [-0.3, -0.25) is 4.79 Å². The van der Waals surface area contributed by atoms with Gasteiger partial charge < -0.3 is 20.9 Å². The molecule has 1 fully saturated rings. The van der Waals surface area contributed by atoms with Crippen LogP contribution < -0.4 is 11.1 Å². The van der Waals surface area contributed by atoms with Crippen molar-refractivity contribution >= 4 is 5.91 Å². The largest absolute Gasteiger partial charge is 0.354 e. The lowest BCUT2D eigenvalue weighted by Crippen LogP contribution is -2.44. The predicted octanol–water partition coefficient (Wildman–Crippen LogP) is 0.112. The number of nitrogens with two attached hydrogens (primary N) is 1. The van der Waals surface area contributed by atoms with Gasteiger partial charge in [0.1, 0.15) is 0 Å². The van der Waals surface area contributed by atoms with Crippen molar-refractivity contribution in [2.75, 3.05) is 40.3 Å². The molecular formula is C14H30N4O. The first kappa shape index (κ1) is 16.4. The Morgan fingerprint density at radius 2 is 2.21 bits per heavy atom. The third kappa shape index (κ3) is 5.89. The van der Waals surface area contributed by atoms with Crippen LogP contribution in [-0.4, -0.2) is 68.1 Å². The molecule has 0 spiro atoms. The standard InChI is InChI=1S/C14H30N4O/c1-11(2)16-14(19)7-13(8-15)18(4)10-12-5-6-17(3)9-12/h11-13H,5-10,15H2,1-4H3,(H,16,19). The van der Waals surface area contributed by atoms with Crippen molar-refractivity contribution in [3.63, 3.8) is 0 Å². The van der Waals surface area contributed by atoms with Crippen LogP contribution in [0, 0.1) is 5.92 Å². The van der Waals surface area contributed by atoms with E-state index in [-0.39, 0.29) is 18.0 Å². The first-order valence-electron chi connectivity index (χ1n) is 7.30. The lowest BCUT2D eigenvalue weighted by atomic mass is 10.1. The quantitative estimate of drug-likeness (QED) is 0.689. The van der Waals surface area contributed by atoms with E-state index in [1.807, 2.05) is 13.8 Å². The fraction of sp³-hybridized carbons (Fsp3) is 0.929. The van der Waals surface area contributed by atoms with E-state index >= 15 is 0 Å². The normalized spacial score (nSPS) is 22.2. The molecule has 0 saturated carbocycles. The van der Waals surface area contributed by atoms with Crippen molar-refractivity contribution in [2.24, 2.45) is 11.7 Å². The molecule has 1 saturated heterocycles. The van der Waals surface area contributed by atoms with E-state index in [4.69, 9.17) is 5.73 Å². The van der Waals surface area contributed by atoms with Crippen LogP contribution in [0.2, 0.25) is 0 Å². The molecule has 0 aromatic rings. The van der Waals surface area contributed by atoms with Crippen LogP contribution in [0.5, 0.6) is 0 Å². The molecule has 0 bridgehead atoms. The number of amides is 1. The lowest BCUT2D eigenvalue weighted by molar-refractivity contribution is -0.122. The second-order valence-corrected chi connectivity index (χ2v) is 6.17. The lowest BCUT2D eigenvalue weighted by Gasteiger charge is -2.29. The van der Waals surface area contributed by atoms with Gasteiger partial charge in [0.05, 0.1) is 0 Å². The van der Waals surface area contributed by atoms with E-state index in [2.05, 4.69) is 29.2 Å². The smallest absolute Gasteiger partial charge is 0.221 e. The van der Waals surface area contributed by atoms with Crippen LogP contribution >= 0.6 is 0 Å². The van der Waals surface area contributed by atoms with E-state index in [0.29, 0.717) is 18.9 Å². The van der Waals surface area contributed by atoms with Gasteiger partial charge in [0.15, 0.2) is 0 Å². The highest BCUT2D eigenvalue weighted by Crippen LogP contribution is 2.16. The minimum Gasteiger partial charge on any atom is -0.354 e. The van der Waals surface area contributed by atoms with Gasteiger partial charge >= 0.3 is 0 Å². The van der Waals surface area contributed by atoms with E-state index in [1.54, 1.807) is 0 Å². The number of carbonyl (C=O) groups excluding carboxylic acids is 1. The van der Waals surface area contributed by atoms with Gasteiger partial charge in [-0.05, 0) is 46.8 Å². The van der Waals surface area contributed by atoms with Gasteiger partial charge in [-0.25, -0.2) is 0 Å². The summed E-state index contributed by atoms with van der Waals surface area (Å²) in [6, 6.07) is 0.337. The molecule has 2 atom stereocenters. The molecule has 0 radical (unpaired) electrons. The van der Waals surface area contributed by atoms with Crippen molar-refractivity contribution in [3.8, 4) is 0 Å². The molecule has 1 aliphatic rings. The number of likely N-dealkylation sites (N-methyl/N-ethyl adjacent to an activating group) is 1. The average molecular weight is 270 g/mol. The fourth-order valence-electron chi connectivity index (χ4n) is 2.75. The Labute approximate surface area is 117 Å². The minimum absolute atomic E-state index is 0.0980. The molecule has 3 N–H and O–H groups in total. The Morgan fingerprint density at radius 1 is 1.53 bits per heavy atom. The first-order chi connectivity index (χ1) is 8.92. The molecule has 1 heterocycles. The molecule has 5 nitrogen and oxygen atoms in total. The molecule has 112 valence electrons. The Hall–Kier alpha value is -0.650. The molecule has 2 unspecified atom stereocenters. The Bertz CT molecular complexity index is 283. The third-order valence-corrected chi connectivity index (χ3v) is 3.80. The van der Waals surface area contributed by atoms with E-state index in [1.165, 1.54) is 13.0 Å². The van der Waals surface area contributed by atoms with Gasteiger partial charge in [0.25, 0.3) is 0 Å². The van der Waals surface area contributed by atoms with Crippen LogP contribution in [-0.2, 0) is 4.79 Å². The van der Waals surface area contributed by atoms with Crippen molar-refractivity contribution < 1.29 is 4.79 Å². The zero-order valence-corrected chi connectivity index (χ0v) is 12.9. The van der Waals surface area contributed by atoms with Crippen LogP contribution in [0.1, 0.15) is 26.7 Å². The highest BCUT2D eigenvalue weighted by Gasteiger charge is 2.24. The number of rotatable bonds is 7. The van der Waals surface area contributed by atoms with Gasteiger partial charge in [0.2, 0.25) is 5.91 Å². The summed E-state index contributed by atoms with van der Waals surface area (Å²) in [5.74, 6) is 0.804. The fourth-order valence-corrected chi connectivity index (χ4v) is 2.75. The van der Waals surface area contributed by atoms with E-state index in [9.17, 15) is 4.79 Å². The summed E-state index contributed by atoms with van der Waals surface area (Å²) in [6.45, 7) is 7.85. The van der Waals surface area contributed by atoms with Crippen molar-refractivity contribution in [3.05, 3.63) is 0 Å². The van der Waals surface area contributed by atoms with Crippen molar-refractivity contribution in [1.29, 1.82) is 0 Å². The summed E-state index contributed by atoms with van der Waals surface area (Å²) in [5, 5.41) is 2.93. The van der Waals surface area contributed by atoms with Crippen LogP contribution in [0.25, 0.3) is 0 Å². The predicted molar refractivity (Wildman–Crippen MR) is 79.0 cm³/mol. The minimum atomic E-state index is 0.0980. The third-order valence-electron chi connectivity index (χ3n) is 3.80. The maximum atomic E-state index is 11.8. The average Bonchev–Trinajstić information content (AvgIpc) is 2.70. The van der Waals surface area contributed by atoms with E-state index in [0.717, 1.165) is 13.1 Å². The van der Waals surface area contributed by atoms with Gasteiger partial charge in [-0.2, -0.15) is 0 Å². The summed E-state index contributed by atoms with van der Waals surface area (Å²) < 4.78 is 0. The number of hydrogen-bond donors (Lipinski definition) is 2. The van der Waals surface area contributed by atoms with E-state index < -0.39 is 0 Å². The number of nitrogens with one attached hydrogen (secondary N) is 1. The zero-order valence-electron chi connectivity index (χ0n) is 12.9. The number of likely N-dealkylation sites (tertiary alicyclic amines) is 1. The molecule has 0 aromatic heterocycles. The summed E-state index contributed by atoms with van der Waals surface area (Å²) in [5.41, 5.74) is 5.82. The van der Waals surface area contributed by atoms with Crippen LogP contribution in [0.3, 0.4) is 0 Å². The SMILES string of the molecule is CC(C)NC(=O)CC(CN)N(C)CC1CCN(C)C1. The molecule has 0 aliphatic carbocycles.